The standard InChI is InChI=1S/C29H23BrN4O6/c1-38-27-15-19(4-7-22(35)8-9-23-3-2-14-39-23)5-11-26(27)40-18-21-17-33(32-31-21)12-13-34-25-10-6-20(30)16-24(25)28(36)29(34)37/h2-11,14-17H,12-13,18H2,1H3/b7-4+,9-8+. The molecule has 3 heterocycles. The predicted octanol–water partition coefficient (Wildman–Crippen LogP) is 4.75. The van der Waals surface area contributed by atoms with E-state index in [0.29, 0.717) is 40.7 Å². The minimum atomic E-state index is -0.558. The lowest BCUT2D eigenvalue weighted by Gasteiger charge is -2.16. The average molecular weight is 603 g/mol. The number of nitrogens with zero attached hydrogens (tertiary/aromatic N) is 4. The van der Waals surface area contributed by atoms with Crippen LogP contribution in [0.4, 0.5) is 5.69 Å². The fraction of sp³-hybridized carbons (Fsp3) is 0.138. The van der Waals surface area contributed by atoms with Crippen LogP contribution in [0.3, 0.4) is 0 Å². The summed E-state index contributed by atoms with van der Waals surface area (Å²) in [6.07, 6.45) is 9.43. The van der Waals surface area contributed by atoms with E-state index >= 15 is 0 Å². The maximum absolute atomic E-state index is 12.4. The van der Waals surface area contributed by atoms with Crippen molar-refractivity contribution in [2.75, 3.05) is 18.6 Å². The van der Waals surface area contributed by atoms with E-state index in [2.05, 4.69) is 26.2 Å². The summed E-state index contributed by atoms with van der Waals surface area (Å²) in [5.41, 5.74) is 2.31. The Morgan fingerprint density at radius 2 is 1.90 bits per heavy atom. The third-order valence-corrected chi connectivity index (χ3v) is 6.52. The number of hydrogen-bond acceptors (Lipinski definition) is 8. The van der Waals surface area contributed by atoms with Crippen LogP contribution in [0.15, 0.2) is 82.0 Å². The SMILES string of the molecule is COc1cc(/C=C/C(=O)/C=C/c2ccco2)ccc1OCc1cn(CCN2C(=O)C(=O)c3cc(Br)ccc32)nn1. The lowest BCUT2D eigenvalue weighted by atomic mass is 10.1. The van der Waals surface area contributed by atoms with Gasteiger partial charge in [-0.05, 0) is 66.3 Å². The van der Waals surface area contributed by atoms with Crippen LogP contribution in [0.5, 0.6) is 11.5 Å². The normalized spacial score (nSPS) is 13.0. The van der Waals surface area contributed by atoms with E-state index in [9.17, 15) is 14.4 Å². The summed E-state index contributed by atoms with van der Waals surface area (Å²) in [5.74, 6) is 0.335. The molecule has 0 aliphatic carbocycles. The van der Waals surface area contributed by atoms with Gasteiger partial charge in [-0.2, -0.15) is 0 Å². The second-order valence-corrected chi connectivity index (χ2v) is 9.62. The molecular formula is C29H23BrN4O6. The first-order chi connectivity index (χ1) is 19.4. The summed E-state index contributed by atoms with van der Waals surface area (Å²) in [6.45, 7) is 0.758. The zero-order chi connectivity index (χ0) is 28.1. The Morgan fingerprint density at radius 1 is 1.05 bits per heavy atom. The lowest BCUT2D eigenvalue weighted by molar-refractivity contribution is -0.114. The van der Waals surface area contributed by atoms with Crippen LogP contribution in [-0.2, 0) is 22.7 Å². The van der Waals surface area contributed by atoms with Gasteiger partial charge in [0.05, 0.1) is 37.4 Å². The molecule has 0 saturated carbocycles. The Kier molecular flexibility index (Phi) is 8.02. The summed E-state index contributed by atoms with van der Waals surface area (Å²) < 4.78 is 18.8. The first-order valence-electron chi connectivity index (χ1n) is 12.2. The molecule has 2 aromatic carbocycles. The highest BCUT2D eigenvalue weighted by Gasteiger charge is 2.35. The minimum Gasteiger partial charge on any atom is -0.493 e. The number of fused-ring (bicyclic) bond motifs is 1. The van der Waals surface area contributed by atoms with E-state index in [1.165, 1.54) is 24.2 Å². The van der Waals surface area contributed by atoms with Crippen LogP contribution >= 0.6 is 15.9 Å². The molecule has 202 valence electrons. The number of amides is 1. The van der Waals surface area contributed by atoms with Gasteiger partial charge in [0.1, 0.15) is 18.1 Å². The van der Waals surface area contributed by atoms with Crippen molar-refractivity contribution in [1.29, 1.82) is 0 Å². The fourth-order valence-corrected chi connectivity index (χ4v) is 4.42. The molecule has 4 aromatic rings. The summed E-state index contributed by atoms with van der Waals surface area (Å²) in [5, 5.41) is 8.24. The number of Topliss-reactive ketones (excluding diaryl/α,β-unsaturated/α-hetero) is 1. The molecule has 0 N–H and O–H groups in total. The molecule has 0 unspecified atom stereocenters. The Morgan fingerprint density at radius 3 is 2.70 bits per heavy atom. The van der Waals surface area contributed by atoms with Crippen LogP contribution in [0.2, 0.25) is 0 Å². The average Bonchev–Trinajstić information content (AvgIpc) is 3.70. The van der Waals surface area contributed by atoms with Crippen molar-refractivity contribution in [2.45, 2.75) is 13.2 Å². The Labute approximate surface area is 237 Å². The van der Waals surface area contributed by atoms with Crippen LogP contribution in [0.1, 0.15) is 27.4 Å². The number of rotatable bonds is 11. The van der Waals surface area contributed by atoms with Gasteiger partial charge in [-0.15, -0.1) is 5.10 Å². The summed E-state index contributed by atoms with van der Waals surface area (Å²) >= 11 is 3.33. The van der Waals surface area contributed by atoms with Crippen LogP contribution < -0.4 is 14.4 Å². The van der Waals surface area contributed by atoms with E-state index in [0.717, 1.165) is 10.0 Å². The third-order valence-electron chi connectivity index (χ3n) is 6.03. The van der Waals surface area contributed by atoms with Gasteiger partial charge in [-0.25, -0.2) is 0 Å². The summed E-state index contributed by atoms with van der Waals surface area (Å²) in [4.78, 5) is 38.3. The third kappa shape index (κ3) is 6.10. The zero-order valence-corrected chi connectivity index (χ0v) is 22.9. The molecule has 0 atom stereocenters. The molecule has 10 nitrogen and oxygen atoms in total. The Hall–Kier alpha value is -4.77. The summed E-state index contributed by atoms with van der Waals surface area (Å²) in [7, 11) is 1.53. The number of anilines is 1. The number of ketones is 2. The number of aromatic nitrogens is 3. The quantitative estimate of drug-likeness (QED) is 0.178. The molecule has 0 bridgehead atoms. The van der Waals surface area contributed by atoms with E-state index in [1.54, 1.807) is 77.8 Å². The monoisotopic (exact) mass is 602 g/mol. The van der Waals surface area contributed by atoms with Gasteiger partial charge in [0.25, 0.3) is 11.7 Å². The number of halogens is 1. The van der Waals surface area contributed by atoms with Crippen molar-refractivity contribution in [1.82, 2.24) is 15.0 Å². The van der Waals surface area contributed by atoms with E-state index in [4.69, 9.17) is 13.9 Å². The number of carbonyl (C=O) groups is 3. The zero-order valence-electron chi connectivity index (χ0n) is 21.3. The van der Waals surface area contributed by atoms with Crippen molar-refractivity contribution >= 4 is 51.2 Å². The highest BCUT2D eigenvalue weighted by atomic mass is 79.9. The van der Waals surface area contributed by atoms with Gasteiger partial charge in [0.15, 0.2) is 17.3 Å². The molecular weight excluding hydrogens is 580 g/mol. The van der Waals surface area contributed by atoms with Crippen LogP contribution in [0.25, 0.3) is 12.2 Å². The van der Waals surface area contributed by atoms with Crippen molar-refractivity contribution in [2.24, 2.45) is 0 Å². The van der Waals surface area contributed by atoms with Gasteiger partial charge in [0.2, 0.25) is 0 Å². The Bertz CT molecular complexity index is 1620. The van der Waals surface area contributed by atoms with Gasteiger partial charge in [-0.1, -0.05) is 33.3 Å². The van der Waals surface area contributed by atoms with Gasteiger partial charge in [0, 0.05) is 11.0 Å². The number of allylic oxidation sites excluding steroid dienone is 2. The van der Waals surface area contributed by atoms with Gasteiger partial charge in [-0.3, -0.25) is 19.1 Å². The maximum atomic E-state index is 12.4. The molecule has 40 heavy (non-hydrogen) atoms. The highest BCUT2D eigenvalue weighted by molar-refractivity contribution is 9.10. The Balaban J connectivity index is 1.16. The first-order valence-corrected chi connectivity index (χ1v) is 13.0. The molecule has 0 radical (unpaired) electrons. The molecule has 0 saturated heterocycles. The number of furan rings is 1. The minimum absolute atomic E-state index is 0.138. The van der Waals surface area contributed by atoms with Gasteiger partial charge < -0.3 is 18.8 Å². The lowest BCUT2D eigenvalue weighted by Crippen LogP contribution is -2.32. The molecule has 1 amide bonds. The molecule has 5 rings (SSSR count). The summed E-state index contributed by atoms with van der Waals surface area (Å²) in [6, 6.07) is 14.0. The maximum Gasteiger partial charge on any atom is 0.299 e. The second-order valence-electron chi connectivity index (χ2n) is 8.70. The number of ether oxygens (including phenoxy) is 2. The first kappa shape index (κ1) is 26.8. The van der Waals surface area contributed by atoms with Crippen LogP contribution in [0, 0.1) is 0 Å². The number of hydrogen-bond donors (Lipinski definition) is 0. The largest absolute Gasteiger partial charge is 0.493 e. The van der Waals surface area contributed by atoms with Crippen LogP contribution in [-0.4, -0.2) is 46.1 Å². The molecule has 0 spiro atoms. The molecule has 1 aliphatic heterocycles. The van der Waals surface area contributed by atoms with E-state index < -0.39 is 11.7 Å². The van der Waals surface area contributed by atoms with E-state index in [1.807, 2.05) is 0 Å². The van der Waals surface area contributed by atoms with Crippen molar-refractivity contribution < 1.29 is 28.3 Å². The fourth-order valence-electron chi connectivity index (χ4n) is 4.05. The van der Waals surface area contributed by atoms with E-state index in [-0.39, 0.29) is 18.9 Å². The second kappa shape index (κ2) is 12.0. The molecule has 2 aromatic heterocycles. The predicted molar refractivity (Wildman–Crippen MR) is 150 cm³/mol. The number of methoxy groups -OCH3 is 1. The van der Waals surface area contributed by atoms with Crippen molar-refractivity contribution in [3.8, 4) is 11.5 Å². The molecule has 1 aliphatic rings. The molecule has 11 heteroatoms. The van der Waals surface area contributed by atoms with Gasteiger partial charge >= 0.3 is 0 Å². The topological polar surface area (TPSA) is 117 Å². The number of benzene rings is 2. The number of carbonyl (C=O) groups excluding carboxylic acids is 3. The smallest absolute Gasteiger partial charge is 0.299 e. The van der Waals surface area contributed by atoms with Crippen molar-refractivity contribution in [3.63, 3.8) is 0 Å². The highest BCUT2D eigenvalue weighted by Crippen LogP contribution is 2.31. The molecule has 0 fully saturated rings. The van der Waals surface area contributed by atoms with Crippen molar-refractivity contribution in [3.05, 3.63) is 100 Å².